The molecule has 1 amide bonds. The Kier molecular flexibility index (Phi) is 5.93. The van der Waals surface area contributed by atoms with E-state index in [0.717, 1.165) is 5.56 Å². The molecule has 1 atom stereocenters. The molecule has 1 aromatic carbocycles. The van der Waals surface area contributed by atoms with Crippen molar-refractivity contribution in [1.29, 1.82) is 0 Å². The Labute approximate surface area is 151 Å². The minimum Gasteiger partial charge on any atom is -0.444 e. The number of amides is 1. The van der Waals surface area contributed by atoms with Gasteiger partial charge in [0.2, 0.25) is 10.0 Å². The fraction of sp³-hybridized carbons (Fsp3) is 0.562. The predicted molar refractivity (Wildman–Crippen MR) is 95.6 cm³/mol. The second-order valence-electron chi connectivity index (χ2n) is 6.81. The Morgan fingerprint density at radius 2 is 1.96 bits per heavy atom. The van der Waals surface area contributed by atoms with Gasteiger partial charge in [0, 0.05) is 24.5 Å². The number of sulfonamides is 1. The lowest BCUT2D eigenvalue weighted by Gasteiger charge is -2.24. The average molecular weight is 419 g/mol. The number of rotatable bonds is 4. The van der Waals surface area contributed by atoms with Gasteiger partial charge in [-0.25, -0.2) is 17.9 Å². The van der Waals surface area contributed by atoms with Crippen molar-refractivity contribution in [2.75, 3.05) is 13.1 Å². The molecule has 1 N–H and O–H groups in total. The van der Waals surface area contributed by atoms with E-state index in [-0.39, 0.29) is 10.9 Å². The van der Waals surface area contributed by atoms with E-state index in [9.17, 15) is 13.2 Å². The molecule has 0 aliphatic carbocycles. The van der Waals surface area contributed by atoms with Gasteiger partial charge in [-0.2, -0.15) is 0 Å². The maximum Gasteiger partial charge on any atom is 0.410 e. The molecule has 1 aromatic rings. The highest BCUT2D eigenvalue weighted by atomic mass is 79.9. The van der Waals surface area contributed by atoms with Crippen molar-refractivity contribution in [3.8, 4) is 0 Å². The van der Waals surface area contributed by atoms with Gasteiger partial charge in [0.1, 0.15) is 5.60 Å². The summed E-state index contributed by atoms with van der Waals surface area (Å²) < 4.78 is 32.9. The standard InChI is InChI=1S/C16H23BrN2O4S/c1-16(2,3)23-15(20)19-9-8-13(11-19)18-24(21,22)14-6-4-12(10-17)5-7-14/h4-7,13,18H,8-11H2,1-3H3/t13-/m1/s1. The number of ether oxygens (including phenoxy) is 1. The van der Waals surface area contributed by atoms with Gasteiger partial charge in [-0.15, -0.1) is 0 Å². The van der Waals surface area contributed by atoms with Gasteiger partial charge in [0.25, 0.3) is 0 Å². The van der Waals surface area contributed by atoms with Crippen LogP contribution in [0.3, 0.4) is 0 Å². The molecule has 0 saturated carbocycles. The first kappa shape index (κ1) is 19.2. The first-order valence-electron chi connectivity index (χ1n) is 7.76. The zero-order chi connectivity index (χ0) is 18.0. The van der Waals surface area contributed by atoms with E-state index in [2.05, 4.69) is 20.7 Å². The summed E-state index contributed by atoms with van der Waals surface area (Å²) >= 11 is 3.33. The van der Waals surface area contributed by atoms with Crippen molar-refractivity contribution in [3.05, 3.63) is 29.8 Å². The normalized spacial score (nSPS) is 18.7. The van der Waals surface area contributed by atoms with E-state index in [1.807, 2.05) is 0 Å². The van der Waals surface area contributed by atoms with Crippen LogP contribution in [0.5, 0.6) is 0 Å². The van der Waals surface area contributed by atoms with E-state index in [1.165, 1.54) is 4.90 Å². The average Bonchev–Trinajstić information content (AvgIpc) is 2.93. The molecule has 0 radical (unpaired) electrons. The molecule has 0 aromatic heterocycles. The fourth-order valence-electron chi connectivity index (χ4n) is 2.39. The first-order valence-corrected chi connectivity index (χ1v) is 10.4. The lowest BCUT2D eigenvalue weighted by molar-refractivity contribution is 0.0292. The maximum atomic E-state index is 12.4. The van der Waals surface area contributed by atoms with Gasteiger partial charge in [0.15, 0.2) is 0 Å². The summed E-state index contributed by atoms with van der Waals surface area (Å²) in [5, 5.41) is 0.675. The highest BCUT2D eigenvalue weighted by molar-refractivity contribution is 9.08. The molecule has 0 bridgehead atoms. The van der Waals surface area contributed by atoms with Gasteiger partial charge in [-0.05, 0) is 44.9 Å². The summed E-state index contributed by atoms with van der Waals surface area (Å²) in [6.45, 7) is 6.20. The van der Waals surface area contributed by atoms with Crippen molar-refractivity contribution >= 4 is 32.0 Å². The van der Waals surface area contributed by atoms with Crippen molar-refractivity contribution in [2.45, 2.75) is 49.1 Å². The zero-order valence-corrected chi connectivity index (χ0v) is 16.5. The topological polar surface area (TPSA) is 75.7 Å². The number of hydrogen-bond donors (Lipinski definition) is 1. The Morgan fingerprint density at radius 1 is 1.33 bits per heavy atom. The Morgan fingerprint density at radius 3 is 2.50 bits per heavy atom. The second kappa shape index (κ2) is 7.41. The third-order valence-corrected chi connectivity index (χ3v) is 5.73. The Bertz CT molecular complexity index is 683. The van der Waals surface area contributed by atoms with Crippen LogP contribution in [0.25, 0.3) is 0 Å². The van der Waals surface area contributed by atoms with Crippen LogP contribution in [-0.4, -0.2) is 44.1 Å². The van der Waals surface area contributed by atoms with Crippen LogP contribution < -0.4 is 4.72 Å². The molecule has 1 heterocycles. The molecule has 2 rings (SSSR count). The van der Waals surface area contributed by atoms with Gasteiger partial charge >= 0.3 is 6.09 Å². The maximum absolute atomic E-state index is 12.4. The van der Waals surface area contributed by atoms with E-state index >= 15 is 0 Å². The molecule has 24 heavy (non-hydrogen) atoms. The highest BCUT2D eigenvalue weighted by Crippen LogP contribution is 2.18. The molecule has 8 heteroatoms. The number of alkyl halides is 1. The summed E-state index contributed by atoms with van der Waals surface area (Å²) in [4.78, 5) is 13.8. The van der Waals surface area contributed by atoms with E-state index in [4.69, 9.17) is 4.74 Å². The molecule has 1 fully saturated rings. The molecule has 1 aliphatic rings. The number of carbonyl (C=O) groups is 1. The minimum atomic E-state index is -3.60. The molecule has 0 spiro atoms. The zero-order valence-electron chi connectivity index (χ0n) is 14.1. The van der Waals surface area contributed by atoms with Crippen LogP contribution >= 0.6 is 15.9 Å². The van der Waals surface area contributed by atoms with Crippen molar-refractivity contribution < 1.29 is 17.9 Å². The summed E-state index contributed by atoms with van der Waals surface area (Å²) in [5.41, 5.74) is 0.442. The van der Waals surface area contributed by atoms with Gasteiger partial charge in [-0.1, -0.05) is 28.1 Å². The lowest BCUT2D eigenvalue weighted by atomic mass is 10.2. The van der Waals surface area contributed by atoms with Crippen molar-refractivity contribution in [2.24, 2.45) is 0 Å². The first-order chi connectivity index (χ1) is 11.1. The lowest BCUT2D eigenvalue weighted by Crippen LogP contribution is -2.40. The predicted octanol–water partition coefficient (Wildman–Crippen LogP) is 2.87. The summed E-state index contributed by atoms with van der Waals surface area (Å²) in [6.07, 6.45) is 0.156. The molecular formula is C16H23BrN2O4S. The van der Waals surface area contributed by atoms with Crippen LogP contribution in [0.2, 0.25) is 0 Å². The van der Waals surface area contributed by atoms with Crippen LogP contribution in [-0.2, 0) is 20.1 Å². The highest BCUT2D eigenvalue weighted by Gasteiger charge is 2.32. The summed E-state index contributed by atoms with van der Waals surface area (Å²) in [6, 6.07) is 6.40. The van der Waals surface area contributed by atoms with Crippen LogP contribution in [0.15, 0.2) is 29.2 Å². The SMILES string of the molecule is CC(C)(C)OC(=O)N1CC[C@@H](NS(=O)(=O)c2ccc(CBr)cc2)C1. The number of likely N-dealkylation sites (tertiary alicyclic amines) is 1. The molecule has 0 unspecified atom stereocenters. The second-order valence-corrected chi connectivity index (χ2v) is 9.09. The largest absolute Gasteiger partial charge is 0.444 e. The molecule has 134 valence electrons. The number of halogens is 1. The molecule has 1 aliphatic heterocycles. The van der Waals surface area contributed by atoms with Crippen molar-refractivity contribution in [1.82, 2.24) is 9.62 Å². The third kappa shape index (κ3) is 5.19. The molecule has 6 nitrogen and oxygen atoms in total. The fourth-order valence-corrected chi connectivity index (χ4v) is 4.03. The van der Waals surface area contributed by atoms with E-state index < -0.39 is 21.7 Å². The van der Waals surface area contributed by atoms with Crippen molar-refractivity contribution in [3.63, 3.8) is 0 Å². The third-order valence-electron chi connectivity index (χ3n) is 3.55. The molecule has 1 saturated heterocycles. The van der Waals surface area contributed by atoms with Crippen LogP contribution in [0, 0.1) is 0 Å². The summed E-state index contributed by atoms with van der Waals surface area (Å²) in [7, 11) is -3.60. The minimum absolute atomic E-state index is 0.225. The summed E-state index contributed by atoms with van der Waals surface area (Å²) in [5.74, 6) is 0. The Balaban J connectivity index is 1.97. The van der Waals surface area contributed by atoms with Gasteiger partial charge < -0.3 is 9.64 Å². The van der Waals surface area contributed by atoms with Gasteiger partial charge in [0.05, 0.1) is 4.90 Å². The number of carbonyl (C=O) groups excluding carboxylic acids is 1. The van der Waals surface area contributed by atoms with Crippen LogP contribution in [0.4, 0.5) is 4.79 Å². The quantitative estimate of drug-likeness (QED) is 0.762. The van der Waals surface area contributed by atoms with E-state index in [0.29, 0.717) is 24.8 Å². The monoisotopic (exact) mass is 418 g/mol. The number of hydrogen-bond acceptors (Lipinski definition) is 4. The smallest absolute Gasteiger partial charge is 0.410 e. The number of benzene rings is 1. The van der Waals surface area contributed by atoms with Crippen LogP contribution in [0.1, 0.15) is 32.8 Å². The Hall–Kier alpha value is -1.12. The van der Waals surface area contributed by atoms with Gasteiger partial charge in [-0.3, -0.25) is 0 Å². The molecular weight excluding hydrogens is 396 g/mol. The number of nitrogens with zero attached hydrogens (tertiary/aromatic N) is 1. The van der Waals surface area contributed by atoms with E-state index in [1.54, 1.807) is 45.0 Å². The number of nitrogens with one attached hydrogen (secondary N) is 1.